The molecule has 3 rings (SSSR count). The Labute approximate surface area is 202 Å². The maximum absolute atomic E-state index is 5.97. The summed E-state index contributed by atoms with van der Waals surface area (Å²) in [6, 6.07) is 3.79. The first kappa shape index (κ1) is 25.0. The van der Waals surface area contributed by atoms with E-state index in [1.807, 2.05) is 16.7 Å². The van der Waals surface area contributed by atoms with Crippen LogP contribution in [-0.4, -0.2) is 62.9 Å². The third-order valence-corrected chi connectivity index (χ3v) is 6.41. The highest BCUT2D eigenvalue weighted by Gasteiger charge is 2.24. The second-order valence-electron chi connectivity index (χ2n) is 7.23. The fourth-order valence-corrected chi connectivity index (χ4v) is 4.02. The summed E-state index contributed by atoms with van der Waals surface area (Å²) in [7, 11) is 4.76. The van der Waals surface area contributed by atoms with E-state index in [2.05, 4.69) is 43.7 Å². The van der Waals surface area contributed by atoms with Gasteiger partial charge in [0.15, 0.2) is 5.69 Å². The molecule has 0 fully saturated rings. The van der Waals surface area contributed by atoms with Crippen molar-refractivity contribution in [3.63, 3.8) is 0 Å². The van der Waals surface area contributed by atoms with Crippen LogP contribution in [0.4, 0.5) is 5.95 Å². The molecule has 0 aliphatic rings. The van der Waals surface area contributed by atoms with E-state index in [4.69, 9.17) is 25.8 Å². The highest BCUT2D eigenvalue weighted by molar-refractivity contribution is 8.01. The summed E-state index contributed by atoms with van der Waals surface area (Å²) in [5.74, 6) is 2.11. The number of hydrogen-bond donors (Lipinski definition) is 1. The lowest BCUT2D eigenvalue weighted by molar-refractivity contribution is 0.194. The molecular formula is C21H28ClN7O3S. The van der Waals surface area contributed by atoms with Crippen LogP contribution in [-0.2, 0) is 11.2 Å². The number of nitrogens with zero attached hydrogens (tertiary/aromatic N) is 6. The summed E-state index contributed by atoms with van der Waals surface area (Å²) < 4.78 is 21.4. The predicted octanol–water partition coefficient (Wildman–Crippen LogP) is 3.95. The molecule has 33 heavy (non-hydrogen) atoms. The van der Waals surface area contributed by atoms with Gasteiger partial charge in [-0.15, -0.1) is 10.2 Å². The van der Waals surface area contributed by atoms with E-state index < -0.39 is 0 Å². The molecule has 2 atom stereocenters. The fraction of sp³-hybridized carbons (Fsp3) is 0.476. The standard InChI is InChI=1S/C21H28ClN7O3S/c1-13(16-9-8-15(22)11-23-16)14(2)33-28-21-27-26-17(7-6-10-30-3)29(21)18-19(31-4)24-12-25-20(18)32-5/h8-9,11-14H,6-7,10H2,1-5H3,(H,27,28). The summed E-state index contributed by atoms with van der Waals surface area (Å²) in [5.41, 5.74) is 1.49. The number of nitrogens with one attached hydrogen (secondary N) is 1. The highest BCUT2D eigenvalue weighted by Crippen LogP contribution is 2.34. The first-order chi connectivity index (χ1) is 16.0. The van der Waals surface area contributed by atoms with Crippen LogP contribution in [0.25, 0.3) is 5.69 Å². The number of ether oxygens (including phenoxy) is 3. The van der Waals surface area contributed by atoms with Gasteiger partial charge < -0.3 is 14.2 Å². The first-order valence-electron chi connectivity index (χ1n) is 10.4. The Morgan fingerprint density at radius 3 is 2.39 bits per heavy atom. The van der Waals surface area contributed by atoms with Crippen molar-refractivity contribution in [1.29, 1.82) is 0 Å². The molecule has 0 aromatic carbocycles. The Bertz CT molecular complexity index is 1010. The van der Waals surface area contributed by atoms with Crippen molar-refractivity contribution in [3.05, 3.63) is 41.2 Å². The molecule has 12 heteroatoms. The van der Waals surface area contributed by atoms with Crippen LogP contribution in [0.5, 0.6) is 11.8 Å². The van der Waals surface area contributed by atoms with Crippen LogP contribution in [0.15, 0.2) is 24.7 Å². The molecule has 0 radical (unpaired) electrons. The zero-order valence-corrected chi connectivity index (χ0v) is 20.9. The smallest absolute Gasteiger partial charge is 0.245 e. The van der Waals surface area contributed by atoms with Crippen LogP contribution >= 0.6 is 23.5 Å². The van der Waals surface area contributed by atoms with E-state index in [-0.39, 0.29) is 11.2 Å². The Balaban J connectivity index is 1.89. The second-order valence-corrected chi connectivity index (χ2v) is 8.85. The normalized spacial score (nSPS) is 12.9. The van der Waals surface area contributed by atoms with Crippen molar-refractivity contribution < 1.29 is 14.2 Å². The fourth-order valence-electron chi connectivity index (χ4n) is 3.14. The number of hydrogen-bond acceptors (Lipinski definition) is 10. The number of aromatic nitrogens is 6. The van der Waals surface area contributed by atoms with Gasteiger partial charge in [0, 0.05) is 43.2 Å². The lowest BCUT2D eigenvalue weighted by atomic mass is 10.0. The van der Waals surface area contributed by atoms with Gasteiger partial charge >= 0.3 is 0 Å². The van der Waals surface area contributed by atoms with Gasteiger partial charge in [0.05, 0.1) is 19.2 Å². The average Bonchev–Trinajstić information content (AvgIpc) is 3.24. The molecule has 0 spiro atoms. The van der Waals surface area contributed by atoms with Gasteiger partial charge in [-0.3, -0.25) is 14.3 Å². The Morgan fingerprint density at radius 1 is 1.06 bits per heavy atom. The Kier molecular flexibility index (Phi) is 9.10. The number of pyridine rings is 1. The topological polar surface area (TPSA) is 109 Å². The number of aryl methyl sites for hydroxylation is 1. The molecule has 3 aromatic heterocycles. The van der Waals surface area contributed by atoms with E-state index in [1.165, 1.54) is 18.3 Å². The third kappa shape index (κ3) is 6.04. The number of rotatable bonds is 12. The van der Waals surface area contributed by atoms with E-state index in [0.29, 0.717) is 47.3 Å². The second kappa shape index (κ2) is 12.0. The van der Waals surface area contributed by atoms with Crippen molar-refractivity contribution >= 4 is 29.5 Å². The molecule has 2 unspecified atom stereocenters. The molecule has 0 aliphatic heterocycles. The SMILES string of the molecule is COCCCc1nnc(NSC(C)C(C)c2ccc(Cl)cn2)n1-c1c(OC)ncnc1OC. The zero-order chi connectivity index (χ0) is 23.8. The summed E-state index contributed by atoms with van der Waals surface area (Å²) in [6.07, 6.45) is 4.46. The van der Waals surface area contributed by atoms with Crippen molar-refractivity contribution in [3.8, 4) is 17.4 Å². The van der Waals surface area contributed by atoms with Crippen LogP contribution in [0.3, 0.4) is 0 Å². The molecule has 3 heterocycles. The highest BCUT2D eigenvalue weighted by atomic mass is 35.5. The molecule has 0 bridgehead atoms. The van der Waals surface area contributed by atoms with E-state index in [9.17, 15) is 0 Å². The summed E-state index contributed by atoms with van der Waals surface area (Å²) in [6.45, 7) is 4.84. The van der Waals surface area contributed by atoms with Gasteiger partial charge in [-0.05, 0) is 30.5 Å². The van der Waals surface area contributed by atoms with Gasteiger partial charge in [0.25, 0.3) is 0 Å². The minimum Gasteiger partial charge on any atom is -0.479 e. The quantitative estimate of drug-likeness (QED) is 0.294. The number of methoxy groups -OCH3 is 3. The summed E-state index contributed by atoms with van der Waals surface area (Å²) in [4.78, 5) is 12.9. The molecule has 178 valence electrons. The maximum atomic E-state index is 5.97. The molecule has 1 N–H and O–H groups in total. The van der Waals surface area contributed by atoms with Gasteiger partial charge in [-0.1, -0.05) is 25.4 Å². The van der Waals surface area contributed by atoms with Crippen LogP contribution in [0.1, 0.15) is 37.7 Å². The van der Waals surface area contributed by atoms with Crippen molar-refractivity contribution in [2.75, 3.05) is 32.7 Å². The maximum Gasteiger partial charge on any atom is 0.245 e. The van der Waals surface area contributed by atoms with Gasteiger partial charge in [0.2, 0.25) is 17.7 Å². The van der Waals surface area contributed by atoms with Gasteiger partial charge in [-0.25, -0.2) is 0 Å². The molecule has 3 aromatic rings. The molecule has 0 amide bonds. The predicted molar refractivity (Wildman–Crippen MR) is 129 cm³/mol. The van der Waals surface area contributed by atoms with E-state index in [0.717, 1.165) is 12.1 Å². The lowest BCUT2D eigenvalue weighted by Gasteiger charge is -2.20. The monoisotopic (exact) mass is 493 g/mol. The number of anilines is 1. The van der Waals surface area contributed by atoms with Crippen molar-refractivity contribution in [2.45, 2.75) is 37.9 Å². The van der Waals surface area contributed by atoms with E-state index >= 15 is 0 Å². The molecule has 0 saturated carbocycles. The van der Waals surface area contributed by atoms with Crippen molar-refractivity contribution in [2.24, 2.45) is 0 Å². The Morgan fingerprint density at radius 2 is 1.79 bits per heavy atom. The molecular weight excluding hydrogens is 466 g/mol. The number of halogens is 1. The summed E-state index contributed by atoms with van der Waals surface area (Å²) in [5, 5.41) is 9.55. The van der Waals surface area contributed by atoms with Crippen LogP contribution < -0.4 is 14.2 Å². The Hall–Kier alpha value is -2.63. The van der Waals surface area contributed by atoms with Gasteiger partial charge in [-0.2, -0.15) is 9.97 Å². The first-order valence-corrected chi connectivity index (χ1v) is 11.7. The average molecular weight is 494 g/mol. The minimum absolute atomic E-state index is 0.164. The summed E-state index contributed by atoms with van der Waals surface area (Å²) >= 11 is 7.49. The molecule has 0 saturated heterocycles. The minimum atomic E-state index is 0.164. The third-order valence-electron chi connectivity index (χ3n) is 5.10. The largest absolute Gasteiger partial charge is 0.479 e. The molecule has 0 aliphatic carbocycles. The lowest BCUT2D eigenvalue weighted by Crippen LogP contribution is -2.14. The van der Waals surface area contributed by atoms with Crippen molar-refractivity contribution in [1.82, 2.24) is 29.7 Å². The zero-order valence-electron chi connectivity index (χ0n) is 19.3. The molecule has 10 nitrogen and oxygen atoms in total. The van der Waals surface area contributed by atoms with Gasteiger partial charge in [0.1, 0.15) is 12.2 Å². The van der Waals surface area contributed by atoms with Crippen LogP contribution in [0.2, 0.25) is 5.02 Å². The van der Waals surface area contributed by atoms with E-state index in [1.54, 1.807) is 27.5 Å². The van der Waals surface area contributed by atoms with Crippen LogP contribution in [0, 0.1) is 0 Å².